The largest absolute Gasteiger partial charge is 0.468 e. The minimum absolute atomic E-state index is 0.0303. The maximum absolute atomic E-state index is 10.8. The zero-order valence-electron chi connectivity index (χ0n) is 13.0. The van der Waals surface area contributed by atoms with Gasteiger partial charge in [-0.2, -0.15) is 0 Å². The first-order chi connectivity index (χ1) is 11.6. The second-order valence-electron chi connectivity index (χ2n) is 5.18. The van der Waals surface area contributed by atoms with Crippen molar-refractivity contribution in [2.75, 3.05) is 0 Å². The maximum Gasteiger partial charge on any atom is 0.269 e. The lowest BCUT2D eigenvalue weighted by Crippen LogP contribution is -2.06. The Bertz CT molecular complexity index is 836. The van der Waals surface area contributed by atoms with Crippen LogP contribution < -0.4 is 4.74 Å². The van der Waals surface area contributed by atoms with E-state index < -0.39 is 4.92 Å². The summed E-state index contributed by atoms with van der Waals surface area (Å²) in [5, 5.41) is 10.8. The van der Waals surface area contributed by atoms with E-state index in [9.17, 15) is 10.1 Å². The number of nitro groups is 1. The molecule has 0 amide bonds. The third-order valence-electron chi connectivity index (χ3n) is 3.57. The minimum atomic E-state index is -0.435. The summed E-state index contributed by atoms with van der Waals surface area (Å²) >= 11 is 0. The third kappa shape index (κ3) is 3.38. The fraction of sp³-hybridized carbons (Fsp3) is 0.111. The Kier molecular flexibility index (Phi) is 4.47. The second kappa shape index (κ2) is 6.87. The highest BCUT2D eigenvalue weighted by Crippen LogP contribution is 2.30. The second-order valence-corrected chi connectivity index (χ2v) is 5.18. The molecule has 0 fully saturated rings. The molecule has 2 aromatic carbocycles. The van der Waals surface area contributed by atoms with Gasteiger partial charge < -0.3 is 4.74 Å². The standard InChI is InChI=1S/C18H15N3O3/c1-13(14-5-3-2-4-6-14)24-18-17(19-11-12-20-18)15-7-9-16(10-8-15)21(22)23/h2-13H,1H3. The first-order valence-electron chi connectivity index (χ1n) is 7.42. The molecule has 0 aliphatic carbocycles. The van der Waals surface area contributed by atoms with E-state index in [2.05, 4.69) is 9.97 Å². The SMILES string of the molecule is CC(Oc1nccnc1-c1ccc([N+](=O)[O-])cc1)c1ccccc1. The number of rotatable bonds is 5. The van der Waals surface area contributed by atoms with Gasteiger partial charge in [0.15, 0.2) is 0 Å². The number of benzene rings is 2. The number of aromatic nitrogens is 2. The molecular weight excluding hydrogens is 306 g/mol. The van der Waals surface area contributed by atoms with E-state index in [-0.39, 0.29) is 11.8 Å². The van der Waals surface area contributed by atoms with Crippen molar-refractivity contribution < 1.29 is 9.66 Å². The summed E-state index contributed by atoms with van der Waals surface area (Å²) in [6.45, 7) is 1.93. The van der Waals surface area contributed by atoms with Gasteiger partial charge in [0, 0.05) is 30.1 Å². The lowest BCUT2D eigenvalue weighted by atomic mass is 10.1. The molecule has 0 N–H and O–H groups in total. The van der Waals surface area contributed by atoms with Crippen LogP contribution in [0.1, 0.15) is 18.6 Å². The molecule has 6 heteroatoms. The minimum Gasteiger partial charge on any atom is -0.468 e. The Balaban J connectivity index is 1.89. The molecule has 1 atom stereocenters. The fourth-order valence-electron chi connectivity index (χ4n) is 2.31. The molecule has 24 heavy (non-hydrogen) atoms. The van der Waals surface area contributed by atoms with E-state index in [4.69, 9.17) is 4.74 Å². The van der Waals surface area contributed by atoms with Gasteiger partial charge in [-0.25, -0.2) is 9.97 Å². The van der Waals surface area contributed by atoms with Gasteiger partial charge in [0.25, 0.3) is 5.69 Å². The Morgan fingerprint density at radius 3 is 2.33 bits per heavy atom. The molecule has 0 spiro atoms. The molecule has 1 aromatic heterocycles. The summed E-state index contributed by atoms with van der Waals surface area (Å²) in [7, 11) is 0. The van der Waals surface area contributed by atoms with Gasteiger partial charge in [-0.15, -0.1) is 0 Å². The Morgan fingerprint density at radius 2 is 1.67 bits per heavy atom. The highest BCUT2D eigenvalue weighted by molar-refractivity contribution is 5.65. The van der Waals surface area contributed by atoms with Gasteiger partial charge in [0.2, 0.25) is 5.88 Å². The van der Waals surface area contributed by atoms with Crippen molar-refractivity contribution >= 4 is 5.69 Å². The molecule has 0 saturated carbocycles. The van der Waals surface area contributed by atoms with E-state index >= 15 is 0 Å². The molecule has 120 valence electrons. The number of non-ortho nitro benzene ring substituents is 1. The first kappa shape index (κ1) is 15.6. The summed E-state index contributed by atoms with van der Waals surface area (Å²) in [4.78, 5) is 18.9. The van der Waals surface area contributed by atoms with Gasteiger partial charge >= 0.3 is 0 Å². The molecule has 6 nitrogen and oxygen atoms in total. The van der Waals surface area contributed by atoms with Crippen molar-refractivity contribution in [3.8, 4) is 17.1 Å². The number of hydrogen-bond donors (Lipinski definition) is 0. The van der Waals surface area contributed by atoms with Gasteiger partial charge in [0.05, 0.1) is 4.92 Å². The monoisotopic (exact) mass is 321 g/mol. The van der Waals surface area contributed by atoms with Gasteiger partial charge in [-0.3, -0.25) is 10.1 Å². The van der Waals surface area contributed by atoms with Crippen LogP contribution in [0.4, 0.5) is 5.69 Å². The van der Waals surface area contributed by atoms with Crippen LogP contribution in [-0.4, -0.2) is 14.9 Å². The molecule has 0 bridgehead atoms. The van der Waals surface area contributed by atoms with Crippen molar-refractivity contribution in [2.24, 2.45) is 0 Å². The molecule has 3 rings (SSSR count). The average Bonchev–Trinajstić information content (AvgIpc) is 2.63. The van der Waals surface area contributed by atoms with E-state index in [1.54, 1.807) is 24.5 Å². The highest BCUT2D eigenvalue weighted by atomic mass is 16.6. The van der Waals surface area contributed by atoms with Crippen LogP contribution in [0.2, 0.25) is 0 Å². The summed E-state index contributed by atoms with van der Waals surface area (Å²) in [5.41, 5.74) is 2.32. The molecule has 1 heterocycles. The smallest absolute Gasteiger partial charge is 0.269 e. The highest BCUT2D eigenvalue weighted by Gasteiger charge is 2.15. The Hall–Kier alpha value is -3.28. The Morgan fingerprint density at radius 1 is 1.00 bits per heavy atom. The van der Waals surface area contributed by atoms with Crippen LogP contribution in [0.25, 0.3) is 11.3 Å². The molecule has 0 radical (unpaired) electrons. The van der Waals surface area contributed by atoms with Crippen molar-refractivity contribution in [3.63, 3.8) is 0 Å². The van der Waals surface area contributed by atoms with Crippen LogP contribution in [0, 0.1) is 10.1 Å². The molecule has 0 saturated heterocycles. The van der Waals surface area contributed by atoms with Crippen LogP contribution >= 0.6 is 0 Å². The Labute approximate surface area is 138 Å². The molecule has 3 aromatic rings. The van der Waals surface area contributed by atoms with Gasteiger partial charge in [0.1, 0.15) is 11.8 Å². The van der Waals surface area contributed by atoms with Crippen LogP contribution in [-0.2, 0) is 0 Å². The molecular formula is C18H15N3O3. The summed E-state index contributed by atoms with van der Waals surface area (Å²) in [6.07, 6.45) is 2.93. The first-order valence-corrected chi connectivity index (χ1v) is 7.42. The van der Waals surface area contributed by atoms with Crippen molar-refractivity contribution in [3.05, 3.63) is 82.7 Å². The van der Waals surface area contributed by atoms with Crippen LogP contribution in [0.3, 0.4) is 0 Å². The van der Waals surface area contributed by atoms with E-state index in [1.807, 2.05) is 37.3 Å². The van der Waals surface area contributed by atoms with Gasteiger partial charge in [-0.05, 0) is 24.6 Å². The van der Waals surface area contributed by atoms with Crippen LogP contribution in [0.5, 0.6) is 5.88 Å². The molecule has 0 aliphatic rings. The number of nitro benzene ring substituents is 1. The van der Waals surface area contributed by atoms with Crippen molar-refractivity contribution in [1.82, 2.24) is 9.97 Å². The average molecular weight is 321 g/mol. The predicted molar refractivity (Wildman–Crippen MR) is 89.6 cm³/mol. The van der Waals surface area contributed by atoms with Crippen LogP contribution in [0.15, 0.2) is 67.0 Å². The zero-order valence-corrected chi connectivity index (χ0v) is 13.0. The molecule has 1 unspecified atom stereocenters. The summed E-state index contributed by atoms with van der Waals surface area (Å²) in [5.74, 6) is 0.391. The number of nitrogens with zero attached hydrogens (tertiary/aromatic N) is 3. The lowest BCUT2D eigenvalue weighted by Gasteiger charge is -2.16. The predicted octanol–water partition coefficient (Wildman–Crippen LogP) is 4.19. The van der Waals surface area contributed by atoms with E-state index in [0.717, 1.165) is 5.56 Å². The number of ether oxygens (including phenoxy) is 1. The zero-order chi connectivity index (χ0) is 16.9. The van der Waals surface area contributed by atoms with E-state index in [1.165, 1.54) is 12.1 Å². The quantitative estimate of drug-likeness (QED) is 0.520. The van der Waals surface area contributed by atoms with Crippen molar-refractivity contribution in [2.45, 2.75) is 13.0 Å². The maximum atomic E-state index is 10.8. The number of hydrogen-bond acceptors (Lipinski definition) is 5. The fourth-order valence-corrected chi connectivity index (χ4v) is 2.31. The van der Waals surface area contributed by atoms with Crippen molar-refractivity contribution in [1.29, 1.82) is 0 Å². The topological polar surface area (TPSA) is 78.2 Å². The summed E-state index contributed by atoms with van der Waals surface area (Å²) in [6, 6.07) is 16.0. The normalized spacial score (nSPS) is 11.7. The van der Waals surface area contributed by atoms with Gasteiger partial charge in [-0.1, -0.05) is 30.3 Å². The third-order valence-corrected chi connectivity index (χ3v) is 3.57. The summed E-state index contributed by atoms with van der Waals surface area (Å²) < 4.78 is 5.96. The lowest BCUT2D eigenvalue weighted by molar-refractivity contribution is -0.384. The van der Waals surface area contributed by atoms with E-state index in [0.29, 0.717) is 17.1 Å². The molecule has 0 aliphatic heterocycles.